The molecule has 21 heavy (non-hydrogen) atoms. The summed E-state index contributed by atoms with van der Waals surface area (Å²) in [5.41, 5.74) is 2.12. The molecule has 1 aliphatic heterocycles. The first kappa shape index (κ1) is 16.2. The zero-order chi connectivity index (χ0) is 15.4. The minimum Gasteiger partial charge on any atom is -0.490 e. The van der Waals surface area contributed by atoms with Crippen molar-refractivity contribution < 1.29 is 9.47 Å². The van der Waals surface area contributed by atoms with E-state index in [1.54, 1.807) is 0 Å². The third-order valence-electron chi connectivity index (χ3n) is 3.73. The van der Waals surface area contributed by atoms with Crippen LogP contribution in [0.2, 0.25) is 0 Å². The number of nitrogens with zero attached hydrogens (tertiary/aromatic N) is 1. The second kappa shape index (κ2) is 7.23. The van der Waals surface area contributed by atoms with Crippen molar-refractivity contribution in [3.8, 4) is 5.75 Å². The molecule has 1 N–H and O–H groups in total. The summed E-state index contributed by atoms with van der Waals surface area (Å²) in [4.78, 5) is 4.40. The molecule has 2 unspecified atom stereocenters. The Bertz CT molecular complexity index is 452. The van der Waals surface area contributed by atoms with E-state index in [2.05, 4.69) is 38.0 Å². The predicted octanol–water partition coefficient (Wildman–Crippen LogP) is 3.22. The monoisotopic (exact) mass is 292 g/mol. The van der Waals surface area contributed by atoms with Gasteiger partial charge >= 0.3 is 0 Å². The van der Waals surface area contributed by atoms with Crippen LogP contribution in [-0.4, -0.2) is 29.3 Å². The minimum atomic E-state index is 0.225. The number of ether oxygens (including phenoxy) is 2. The van der Waals surface area contributed by atoms with Crippen molar-refractivity contribution in [2.24, 2.45) is 0 Å². The number of aryl methyl sites for hydroxylation is 1. The van der Waals surface area contributed by atoms with E-state index in [1.807, 2.05) is 19.2 Å². The van der Waals surface area contributed by atoms with Gasteiger partial charge in [0, 0.05) is 48.9 Å². The Labute approximate surface area is 128 Å². The largest absolute Gasteiger partial charge is 0.490 e. The molecule has 1 saturated heterocycles. The molecular weight excluding hydrogens is 264 g/mol. The number of rotatable bonds is 5. The Kier molecular flexibility index (Phi) is 5.59. The lowest BCUT2D eigenvalue weighted by molar-refractivity contribution is -0.0723. The van der Waals surface area contributed by atoms with Gasteiger partial charge in [-0.05, 0) is 20.8 Å². The van der Waals surface area contributed by atoms with Gasteiger partial charge in [0.05, 0.1) is 12.2 Å². The van der Waals surface area contributed by atoms with E-state index < -0.39 is 0 Å². The van der Waals surface area contributed by atoms with Crippen LogP contribution in [0.3, 0.4) is 0 Å². The van der Waals surface area contributed by atoms with Crippen LogP contribution >= 0.6 is 0 Å². The third kappa shape index (κ3) is 4.97. The third-order valence-corrected chi connectivity index (χ3v) is 3.73. The fraction of sp³-hybridized carbons (Fsp3) is 0.706. The van der Waals surface area contributed by atoms with E-state index in [0.29, 0.717) is 6.04 Å². The molecule has 118 valence electrons. The fourth-order valence-electron chi connectivity index (χ4n) is 2.74. The van der Waals surface area contributed by atoms with Crippen molar-refractivity contribution in [1.29, 1.82) is 0 Å². The van der Waals surface area contributed by atoms with Crippen LogP contribution in [0.5, 0.6) is 5.75 Å². The second-order valence-corrected chi connectivity index (χ2v) is 6.44. The first-order valence-corrected chi connectivity index (χ1v) is 7.95. The average molecular weight is 292 g/mol. The van der Waals surface area contributed by atoms with Gasteiger partial charge in [-0.1, -0.05) is 13.8 Å². The molecule has 0 aromatic carbocycles. The zero-order valence-corrected chi connectivity index (χ0v) is 13.8. The molecule has 0 bridgehead atoms. The topological polar surface area (TPSA) is 43.4 Å². The summed E-state index contributed by atoms with van der Waals surface area (Å²) >= 11 is 0. The maximum atomic E-state index is 6.28. The quantitative estimate of drug-likeness (QED) is 0.905. The Morgan fingerprint density at radius 2 is 2.00 bits per heavy atom. The van der Waals surface area contributed by atoms with E-state index in [-0.39, 0.29) is 18.3 Å². The molecule has 4 nitrogen and oxygen atoms in total. The second-order valence-electron chi connectivity index (χ2n) is 6.44. The molecule has 1 aromatic heterocycles. The molecule has 2 atom stereocenters. The Balaban J connectivity index is 2.08. The van der Waals surface area contributed by atoms with Crippen molar-refractivity contribution in [3.05, 3.63) is 23.5 Å². The first-order chi connectivity index (χ1) is 9.94. The fourth-order valence-corrected chi connectivity index (χ4v) is 2.74. The maximum absolute atomic E-state index is 6.28. The summed E-state index contributed by atoms with van der Waals surface area (Å²) in [7, 11) is 0. The summed E-state index contributed by atoms with van der Waals surface area (Å²) in [6.07, 6.45) is 4.57. The van der Waals surface area contributed by atoms with Gasteiger partial charge in [-0.3, -0.25) is 4.98 Å². The lowest BCUT2D eigenvalue weighted by Crippen LogP contribution is -2.36. The number of pyridine rings is 1. The van der Waals surface area contributed by atoms with Crippen LogP contribution in [0.1, 0.15) is 51.8 Å². The minimum absolute atomic E-state index is 0.225. The van der Waals surface area contributed by atoms with E-state index in [0.717, 1.165) is 36.4 Å². The average Bonchev–Trinajstić information content (AvgIpc) is 2.36. The molecule has 1 fully saturated rings. The molecular formula is C17H28N2O2. The van der Waals surface area contributed by atoms with Gasteiger partial charge in [-0.25, -0.2) is 0 Å². The molecule has 0 aliphatic carbocycles. The van der Waals surface area contributed by atoms with Crippen LogP contribution in [0.25, 0.3) is 0 Å². The molecule has 1 aromatic rings. The van der Waals surface area contributed by atoms with Crippen LogP contribution in [-0.2, 0) is 11.3 Å². The van der Waals surface area contributed by atoms with Crippen LogP contribution in [0.4, 0.5) is 0 Å². The summed E-state index contributed by atoms with van der Waals surface area (Å²) in [6, 6.07) is 2.49. The van der Waals surface area contributed by atoms with E-state index in [9.17, 15) is 0 Å². The van der Waals surface area contributed by atoms with Crippen molar-refractivity contribution in [3.63, 3.8) is 0 Å². The molecule has 0 radical (unpaired) electrons. The number of hydrogen-bond donors (Lipinski definition) is 1. The molecule has 4 heteroatoms. The number of nitrogens with one attached hydrogen (secondary N) is 1. The highest BCUT2D eigenvalue weighted by Crippen LogP contribution is 2.27. The Morgan fingerprint density at radius 3 is 2.62 bits per heavy atom. The molecule has 1 aliphatic rings. The SMILES string of the molecule is Cc1cc(OC2CC(C)OC(C)C2)c(CNC(C)C)cn1. The maximum Gasteiger partial charge on any atom is 0.127 e. The molecule has 2 rings (SSSR count). The highest BCUT2D eigenvalue weighted by atomic mass is 16.5. The lowest BCUT2D eigenvalue weighted by atomic mass is 10.0. The summed E-state index contributed by atoms with van der Waals surface area (Å²) < 4.78 is 12.1. The van der Waals surface area contributed by atoms with Crippen molar-refractivity contribution in [2.45, 2.75) is 78.4 Å². The summed E-state index contributed by atoms with van der Waals surface area (Å²) in [6.45, 7) is 11.3. The summed E-state index contributed by atoms with van der Waals surface area (Å²) in [5, 5.41) is 3.43. The van der Waals surface area contributed by atoms with Gasteiger partial charge in [-0.15, -0.1) is 0 Å². The van der Waals surface area contributed by atoms with Gasteiger partial charge in [0.1, 0.15) is 11.9 Å². The summed E-state index contributed by atoms with van der Waals surface area (Å²) in [5.74, 6) is 0.960. The normalized spacial score (nSPS) is 26.1. The van der Waals surface area contributed by atoms with Gasteiger partial charge in [-0.2, -0.15) is 0 Å². The van der Waals surface area contributed by atoms with Crippen LogP contribution in [0.15, 0.2) is 12.3 Å². The number of hydrogen-bond acceptors (Lipinski definition) is 4. The first-order valence-electron chi connectivity index (χ1n) is 7.95. The van der Waals surface area contributed by atoms with Gasteiger partial charge in [0.2, 0.25) is 0 Å². The van der Waals surface area contributed by atoms with E-state index in [4.69, 9.17) is 9.47 Å². The van der Waals surface area contributed by atoms with Gasteiger partial charge in [0.25, 0.3) is 0 Å². The molecule has 2 heterocycles. The number of aromatic nitrogens is 1. The van der Waals surface area contributed by atoms with Crippen LogP contribution < -0.4 is 10.1 Å². The lowest BCUT2D eigenvalue weighted by Gasteiger charge is -2.32. The highest BCUT2D eigenvalue weighted by Gasteiger charge is 2.26. The van der Waals surface area contributed by atoms with E-state index >= 15 is 0 Å². The smallest absolute Gasteiger partial charge is 0.127 e. The van der Waals surface area contributed by atoms with Crippen molar-refractivity contribution in [2.75, 3.05) is 0 Å². The zero-order valence-electron chi connectivity index (χ0n) is 13.8. The Hall–Kier alpha value is -1.13. The molecule has 0 saturated carbocycles. The van der Waals surface area contributed by atoms with Crippen molar-refractivity contribution in [1.82, 2.24) is 10.3 Å². The molecule has 0 spiro atoms. The van der Waals surface area contributed by atoms with Crippen molar-refractivity contribution >= 4 is 0 Å². The van der Waals surface area contributed by atoms with Gasteiger partial charge < -0.3 is 14.8 Å². The predicted molar refractivity (Wildman–Crippen MR) is 84.6 cm³/mol. The Morgan fingerprint density at radius 1 is 1.33 bits per heavy atom. The standard InChI is InChI=1S/C17H28N2O2/c1-11(2)18-9-15-10-19-12(3)6-17(15)21-16-7-13(4)20-14(5)8-16/h6,10-11,13-14,16,18H,7-9H2,1-5H3. The van der Waals surface area contributed by atoms with Crippen LogP contribution in [0, 0.1) is 6.92 Å². The molecule has 0 amide bonds. The van der Waals surface area contributed by atoms with E-state index in [1.165, 1.54) is 0 Å². The highest BCUT2D eigenvalue weighted by molar-refractivity contribution is 5.33. The van der Waals surface area contributed by atoms with Gasteiger partial charge in [0.15, 0.2) is 0 Å².